The van der Waals surface area contributed by atoms with Crippen LogP contribution in [0.5, 0.6) is 0 Å². The third-order valence-corrected chi connectivity index (χ3v) is 3.43. The van der Waals surface area contributed by atoms with Crippen LogP contribution < -0.4 is 11.1 Å². The number of aromatic nitrogens is 4. The molecule has 0 atom stereocenters. The second-order valence-corrected chi connectivity index (χ2v) is 4.82. The zero-order valence-corrected chi connectivity index (χ0v) is 10.8. The van der Waals surface area contributed by atoms with Crippen LogP contribution in [0.25, 0.3) is 11.2 Å². The first-order valence-electron chi connectivity index (χ1n) is 6.71. The van der Waals surface area contributed by atoms with Crippen LogP contribution in [0.3, 0.4) is 0 Å². The molecule has 0 radical (unpaired) electrons. The molecular formula is C13H18N6. The maximum absolute atomic E-state index is 5.67. The molecule has 0 spiro atoms. The molecular weight excluding hydrogens is 240 g/mol. The zero-order valence-electron chi connectivity index (χ0n) is 10.8. The summed E-state index contributed by atoms with van der Waals surface area (Å²) in [5.41, 5.74) is 8.63. The average Bonchev–Trinajstić information content (AvgIpc) is 2.88. The van der Waals surface area contributed by atoms with Gasteiger partial charge in [-0.3, -0.25) is 0 Å². The fourth-order valence-electron chi connectivity index (χ4n) is 2.45. The fourth-order valence-corrected chi connectivity index (χ4v) is 2.45. The Morgan fingerprint density at radius 2 is 2.26 bits per heavy atom. The minimum Gasteiger partial charge on any atom is -0.368 e. The Labute approximate surface area is 111 Å². The Kier molecular flexibility index (Phi) is 3.31. The minimum atomic E-state index is 0.249. The summed E-state index contributed by atoms with van der Waals surface area (Å²) < 4.78 is 0. The van der Waals surface area contributed by atoms with Gasteiger partial charge in [0.05, 0.1) is 6.33 Å². The zero-order chi connectivity index (χ0) is 13.1. The van der Waals surface area contributed by atoms with Gasteiger partial charge in [-0.15, -0.1) is 0 Å². The molecule has 0 unspecified atom stereocenters. The summed E-state index contributed by atoms with van der Waals surface area (Å²) in [6.45, 7) is 0.858. The number of hydrogen-bond donors (Lipinski definition) is 3. The Morgan fingerprint density at radius 3 is 3.11 bits per heavy atom. The van der Waals surface area contributed by atoms with Crippen LogP contribution >= 0.6 is 0 Å². The van der Waals surface area contributed by atoms with E-state index in [1.54, 1.807) is 11.9 Å². The van der Waals surface area contributed by atoms with Crippen molar-refractivity contribution < 1.29 is 0 Å². The monoisotopic (exact) mass is 258 g/mol. The predicted molar refractivity (Wildman–Crippen MR) is 75.8 cm³/mol. The van der Waals surface area contributed by atoms with Crippen LogP contribution in [-0.4, -0.2) is 26.5 Å². The second kappa shape index (κ2) is 5.26. The molecule has 4 N–H and O–H groups in total. The molecule has 19 heavy (non-hydrogen) atoms. The number of allylic oxidation sites excluding steroid dienone is 1. The number of nitrogens with zero attached hydrogens (tertiary/aromatic N) is 3. The van der Waals surface area contributed by atoms with Gasteiger partial charge in [0.25, 0.3) is 0 Å². The molecule has 0 saturated carbocycles. The standard InChI is InChI=1S/C13H18N6/c14-13-18-11(10-12(19-13)17-8-16-10)15-7-6-9-4-2-1-3-5-9/h4,8H,1-3,5-7H2,(H4,14,15,16,17,18,19). The van der Waals surface area contributed by atoms with E-state index < -0.39 is 0 Å². The van der Waals surface area contributed by atoms with Crippen molar-refractivity contribution in [3.05, 3.63) is 18.0 Å². The van der Waals surface area contributed by atoms with E-state index in [0.29, 0.717) is 5.65 Å². The smallest absolute Gasteiger partial charge is 0.224 e. The maximum Gasteiger partial charge on any atom is 0.224 e. The Hall–Kier alpha value is -2.11. The van der Waals surface area contributed by atoms with Crippen molar-refractivity contribution in [2.45, 2.75) is 32.1 Å². The number of nitrogens with one attached hydrogen (secondary N) is 2. The minimum absolute atomic E-state index is 0.249. The van der Waals surface area contributed by atoms with Crippen molar-refractivity contribution in [2.75, 3.05) is 17.6 Å². The van der Waals surface area contributed by atoms with Crippen molar-refractivity contribution >= 4 is 22.9 Å². The largest absolute Gasteiger partial charge is 0.368 e. The van der Waals surface area contributed by atoms with Gasteiger partial charge in [0.1, 0.15) is 5.52 Å². The number of fused-ring (bicyclic) bond motifs is 1. The first-order valence-corrected chi connectivity index (χ1v) is 6.71. The molecule has 2 aromatic heterocycles. The fraction of sp³-hybridized carbons (Fsp3) is 0.462. The van der Waals surface area contributed by atoms with Gasteiger partial charge < -0.3 is 16.0 Å². The summed E-state index contributed by atoms with van der Waals surface area (Å²) in [6.07, 6.45) is 10.1. The number of aromatic amines is 1. The molecule has 6 nitrogen and oxygen atoms in total. The van der Waals surface area contributed by atoms with Crippen LogP contribution in [0, 0.1) is 0 Å². The lowest BCUT2D eigenvalue weighted by Crippen LogP contribution is -2.08. The van der Waals surface area contributed by atoms with Crippen LogP contribution in [-0.2, 0) is 0 Å². The van der Waals surface area contributed by atoms with E-state index in [0.717, 1.165) is 24.3 Å². The first kappa shape index (κ1) is 12.0. The third-order valence-electron chi connectivity index (χ3n) is 3.43. The van der Waals surface area contributed by atoms with Crippen molar-refractivity contribution in [3.8, 4) is 0 Å². The summed E-state index contributed by atoms with van der Waals surface area (Å²) in [5.74, 6) is 0.982. The molecule has 0 fully saturated rings. The van der Waals surface area contributed by atoms with E-state index in [1.807, 2.05) is 0 Å². The highest BCUT2D eigenvalue weighted by Gasteiger charge is 2.08. The molecule has 6 heteroatoms. The van der Waals surface area contributed by atoms with Crippen molar-refractivity contribution in [2.24, 2.45) is 0 Å². The number of anilines is 2. The maximum atomic E-state index is 5.67. The number of nitrogens with two attached hydrogens (primary N) is 1. The number of imidazole rings is 1. The van der Waals surface area contributed by atoms with Gasteiger partial charge in [-0.2, -0.15) is 9.97 Å². The molecule has 2 aromatic rings. The lowest BCUT2D eigenvalue weighted by molar-refractivity contribution is 0.679. The Bertz CT molecular complexity index is 600. The molecule has 0 amide bonds. The summed E-state index contributed by atoms with van der Waals surface area (Å²) in [6, 6.07) is 0. The van der Waals surface area contributed by atoms with Gasteiger partial charge >= 0.3 is 0 Å². The molecule has 2 heterocycles. The topological polar surface area (TPSA) is 92.5 Å². The molecule has 0 aliphatic heterocycles. The van der Waals surface area contributed by atoms with Crippen molar-refractivity contribution in [1.82, 2.24) is 19.9 Å². The Balaban J connectivity index is 1.68. The van der Waals surface area contributed by atoms with Crippen molar-refractivity contribution in [1.29, 1.82) is 0 Å². The molecule has 0 bridgehead atoms. The molecule has 0 aromatic carbocycles. The van der Waals surface area contributed by atoms with Crippen LogP contribution in [0.15, 0.2) is 18.0 Å². The van der Waals surface area contributed by atoms with E-state index >= 15 is 0 Å². The SMILES string of the molecule is Nc1nc(NCCC2=CCCCC2)c2[nH]cnc2n1. The van der Waals surface area contributed by atoms with Crippen LogP contribution in [0.2, 0.25) is 0 Å². The van der Waals surface area contributed by atoms with Gasteiger partial charge in [-0.25, -0.2) is 4.98 Å². The second-order valence-electron chi connectivity index (χ2n) is 4.82. The van der Waals surface area contributed by atoms with Gasteiger partial charge in [0.15, 0.2) is 11.5 Å². The number of hydrogen-bond acceptors (Lipinski definition) is 5. The lowest BCUT2D eigenvalue weighted by Gasteiger charge is -2.13. The van der Waals surface area contributed by atoms with Gasteiger partial charge in [-0.05, 0) is 32.1 Å². The normalized spacial score (nSPS) is 15.5. The van der Waals surface area contributed by atoms with Gasteiger partial charge in [0.2, 0.25) is 5.95 Å². The van der Waals surface area contributed by atoms with E-state index in [9.17, 15) is 0 Å². The average molecular weight is 258 g/mol. The molecule has 1 aliphatic carbocycles. The number of H-pyrrole nitrogens is 1. The first-order chi connectivity index (χ1) is 9.33. The Morgan fingerprint density at radius 1 is 1.32 bits per heavy atom. The lowest BCUT2D eigenvalue weighted by atomic mass is 9.97. The van der Waals surface area contributed by atoms with E-state index in [2.05, 4.69) is 31.3 Å². The highest BCUT2D eigenvalue weighted by atomic mass is 15.1. The number of nitrogen functional groups attached to an aromatic ring is 1. The molecule has 1 aliphatic rings. The van der Waals surface area contributed by atoms with E-state index in [-0.39, 0.29) is 5.95 Å². The number of rotatable bonds is 4. The quantitative estimate of drug-likeness (QED) is 0.731. The molecule has 3 rings (SSSR count). The summed E-state index contributed by atoms with van der Waals surface area (Å²) in [7, 11) is 0. The van der Waals surface area contributed by atoms with Gasteiger partial charge in [0, 0.05) is 6.54 Å². The van der Waals surface area contributed by atoms with E-state index in [1.165, 1.54) is 25.7 Å². The third kappa shape index (κ3) is 2.67. The van der Waals surface area contributed by atoms with Crippen molar-refractivity contribution in [3.63, 3.8) is 0 Å². The summed E-state index contributed by atoms with van der Waals surface area (Å²) >= 11 is 0. The predicted octanol–water partition coefficient (Wildman–Crippen LogP) is 2.24. The molecule has 100 valence electrons. The molecule has 0 saturated heterocycles. The van der Waals surface area contributed by atoms with Gasteiger partial charge in [-0.1, -0.05) is 11.6 Å². The summed E-state index contributed by atoms with van der Waals surface area (Å²) in [5, 5.41) is 3.32. The van der Waals surface area contributed by atoms with Crippen LogP contribution in [0.1, 0.15) is 32.1 Å². The van der Waals surface area contributed by atoms with E-state index in [4.69, 9.17) is 5.73 Å². The highest BCUT2D eigenvalue weighted by Crippen LogP contribution is 2.21. The highest BCUT2D eigenvalue weighted by molar-refractivity contribution is 5.83. The summed E-state index contributed by atoms with van der Waals surface area (Å²) in [4.78, 5) is 15.4. The van der Waals surface area contributed by atoms with Crippen LogP contribution in [0.4, 0.5) is 11.8 Å².